The Morgan fingerprint density at radius 1 is 1.24 bits per heavy atom. The average molecular weight is 331 g/mol. The van der Waals surface area contributed by atoms with E-state index in [0.29, 0.717) is 10.6 Å². The standard InChI is InChI=1S/C13H15ClN2O4S/c1-13(9-3-5-10(14)6-4-9)11(17)16(12(18)15-13)7-8-21(2,19)20/h3-6H,7-8H2,1-2H3,(H,15,18). The minimum Gasteiger partial charge on any atom is -0.319 e. The molecule has 0 radical (unpaired) electrons. The monoisotopic (exact) mass is 330 g/mol. The molecule has 0 saturated carbocycles. The van der Waals surface area contributed by atoms with E-state index in [4.69, 9.17) is 11.6 Å². The van der Waals surface area contributed by atoms with Gasteiger partial charge in [-0.2, -0.15) is 0 Å². The van der Waals surface area contributed by atoms with Crippen LogP contribution in [0.25, 0.3) is 0 Å². The van der Waals surface area contributed by atoms with Crippen LogP contribution in [-0.2, 0) is 20.2 Å². The molecule has 1 saturated heterocycles. The lowest BCUT2D eigenvalue weighted by Crippen LogP contribution is -2.41. The second-order valence-corrected chi connectivity index (χ2v) is 7.84. The number of imide groups is 1. The van der Waals surface area contributed by atoms with E-state index in [0.717, 1.165) is 11.2 Å². The predicted molar refractivity (Wildman–Crippen MR) is 78.8 cm³/mol. The molecule has 2 rings (SSSR count). The maximum absolute atomic E-state index is 12.5. The summed E-state index contributed by atoms with van der Waals surface area (Å²) < 4.78 is 22.4. The Bertz CT molecular complexity index is 687. The lowest BCUT2D eigenvalue weighted by atomic mass is 9.92. The molecule has 1 heterocycles. The summed E-state index contributed by atoms with van der Waals surface area (Å²) in [6.45, 7) is 1.42. The third-order valence-electron chi connectivity index (χ3n) is 3.38. The second-order valence-electron chi connectivity index (χ2n) is 5.15. The summed E-state index contributed by atoms with van der Waals surface area (Å²) in [5.74, 6) is -0.735. The van der Waals surface area contributed by atoms with E-state index < -0.39 is 27.3 Å². The van der Waals surface area contributed by atoms with E-state index in [-0.39, 0.29) is 12.3 Å². The summed E-state index contributed by atoms with van der Waals surface area (Å²) in [7, 11) is -3.26. The summed E-state index contributed by atoms with van der Waals surface area (Å²) in [6.07, 6.45) is 1.06. The molecule has 6 nitrogen and oxygen atoms in total. The molecule has 3 amide bonds. The van der Waals surface area contributed by atoms with Crippen molar-refractivity contribution in [1.29, 1.82) is 0 Å². The van der Waals surface area contributed by atoms with Crippen LogP contribution in [0.1, 0.15) is 12.5 Å². The van der Waals surface area contributed by atoms with Gasteiger partial charge in [0.1, 0.15) is 15.4 Å². The van der Waals surface area contributed by atoms with Crippen LogP contribution in [-0.4, -0.2) is 43.8 Å². The molecule has 0 aliphatic carbocycles. The number of rotatable bonds is 4. The highest BCUT2D eigenvalue weighted by Gasteiger charge is 2.48. The van der Waals surface area contributed by atoms with Gasteiger partial charge in [0.25, 0.3) is 5.91 Å². The molecule has 0 spiro atoms. The number of carbonyl (C=O) groups excluding carboxylic acids is 2. The van der Waals surface area contributed by atoms with Gasteiger partial charge >= 0.3 is 6.03 Å². The summed E-state index contributed by atoms with van der Waals surface area (Å²) in [5.41, 5.74) is -0.619. The third-order valence-corrected chi connectivity index (χ3v) is 4.56. The predicted octanol–water partition coefficient (Wildman–Crippen LogP) is 1.15. The zero-order valence-corrected chi connectivity index (χ0v) is 13.2. The molecule has 0 aromatic heterocycles. The van der Waals surface area contributed by atoms with Crippen LogP contribution in [0.3, 0.4) is 0 Å². The van der Waals surface area contributed by atoms with Gasteiger partial charge < -0.3 is 5.32 Å². The Hall–Kier alpha value is -1.60. The van der Waals surface area contributed by atoms with Crippen molar-refractivity contribution in [1.82, 2.24) is 10.2 Å². The van der Waals surface area contributed by atoms with Crippen LogP contribution in [0, 0.1) is 0 Å². The van der Waals surface area contributed by atoms with Crippen LogP contribution in [0.2, 0.25) is 5.02 Å². The van der Waals surface area contributed by atoms with Crippen molar-refractivity contribution in [2.75, 3.05) is 18.6 Å². The highest BCUT2D eigenvalue weighted by Crippen LogP contribution is 2.29. The van der Waals surface area contributed by atoms with Gasteiger partial charge in [0.05, 0.1) is 5.75 Å². The lowest BCUT2D eigenvalue weighted by molar-refractivity contribution is -0.130. The topological polar surface area (TPSA) is 83.6 Å². The quantitative estimate of drug-likeness (QED) is 0.839. The number of urea groups is 1. The van der Waals surface area contributed by atoms with Gasteiger partial charge in [0.2, 0.25) is 0 Å². The molecular weight excluding hydrogens is 316 g/mol. The van der Waals surface area contributed by atoms with E-state index in [9.17, 15) is 18.0 Å². The van der Waals surface area contributed by atoms with Crippen LogP contribution < -0.4 is 5.32 Å². The molecule has 1 aliphatic heterocycles. The average Bonchev–Trinajstić information content (AvgIpc) is 2.59. The maximum atomic E-state index is 12.5. The number of hydrogen-bond acceptors (Lipinski definition) is 4. The van der Waals surface area contributed by atoms with Crippen molar-refractivity contribution in [3.8, 4) is 0 Å². The van der Waals surface area contributed by atoms with Crippen LogP contribution in [0.4, 0.5) is 4.79 Å². The number of halogens is 1. The summed E-state index contributed by atoms with van der Waals surface area (Å²) in [5, 5.41) is 3.12. The van der Waals surface area contributed by atoms with E-state index in [2.05, 4.69) is 5.32 Å². The largest absolute Gasteiger partial charge is 0.325 e. The first-order valence-corrected chi connectivity index (χ1v) is 8.65. The molecular formula is C13H15ClN2O4S. The van der Waals surface area contributed by atoms with Crippen molar-refractivity contribution in [2.45, 2.75) is 12.5 Å². The van der Waals surface area contributed by atoms with E-state index in [1.54, 1.807) is 31.2 Å². The first-order chi connectivity index (χ1) is 9.63. The fourth-order valence-corrected chi connectivity index (χ4v) is 2.78. The summed E-state index contributed by atoms with van der Waals surface area (Å²) in [6, 6.07) is 5.96. The molecule has 8 heteroatoms. The van der Waals surface area contributed by atoms with E-state index >= 15 is 0 Å². The van der Waals surface area contributed by atoms with Gasteiger partial charge in [-0.05, 0) is 24.6 Å². The molecule has 1 unspecified atom stereocenters. The van der Waals surface area contributed by atoms with Gasteiger partial charge in [-0.3, -0.25) is 9.69 Å². The smallest absolute Gasteiger partial charge is 0.319 e. The van der Waals surface area contributed by atoms with Crippen molar-refractivity contribution >= 4 is 33.4 Å². The fraction of sp³-hybridized carbons (Fsp3) is 0.385. The maximum Gasteiger partial charge on any atom is 0.325 e. The van der Waals surface area contributed by atoms with Crippen LogP contribution in [0.15, 0.2) is 24.3 Å². The second kappa shape index (κ2) is 5.31. The number of benzene rings is 1. The number of nitrogens with one attached hydrogen (secondary N) is 1. The molecule has 1 atom stereocenters. The Kier molecular flexibility index (Phi) is 3.99. The zero-order chi connectivity index (χ0) is 15.8. The number of sulfone groups is 1. The van der Waals surface area contributed by atoms with Gasteiger partial charge in [0.15, 0.2) is 0 Å². The van der Waals surface area contributed by atoms with Crippen molar-refractivity contribution < 1.29 is 18.0 Å². The van der Waals surface area contributed by atoms with Crippen LogP contribution in [0.5, 0.6) is 0 Å². The van der Waals surface area contributed by atoms with Gasteiger partial charge in [-0.25, -0.2) is 13.2 Å². The van der Waals surface area contributed by atoms with Crippen molar-refractivity contribution in [3.63, 3.8) is 0 Å². The third kappa shape index (κ3) is 3.19. The molecule has 21 heavy (non-hydrogen) atoms. The van der Waals surface area contributed by atoms with Crippen LogP contribution >= 0.6 is 11.6 Å². The van der Waals surface area contributed by atoms with E-state index in [1.165, 1.54) is 0 Å². The Labute approximate surface area is 128 Å². The van der Waals surface area contributed by atoms with Crippen molar-refractivity contribution in [2.24, 2.45) is 0 Å². The normalized spacial score (nSPS) is 22.5. The molecule has 1 aliphatic rings. The molecule has 1 N–H and O–H groups in total. The minimum atomic E-state index is -3.26. The Morgan fingerprint density at radius 2 is 1.81 bits per heavy atom. The first-order valence-electron chi connectivity index (χ1n) is 6.21. The Morgan fingerprint density at radius 3 is 2.33 bits per heavy atom. The van der Waals surface area contributed by atoms with Gasteiger partial charge in [0, 0.05) is 17.8 Å². The number of nitrogens with zero attached hydrogens (tertiary/aromatic N) is 1. The molecule has 1 aromatic rings. The highest BCUT2D eigenvalue weighted by molar-refractivity contribution is 7.90. The van der Waals surface area contributed by atoms with Gasteiger partial charge in [-0.15, -0.1) is 0 Å². The number of amides is 3. The summed E-state index contributed by atoms with van der Waals surface area (Å²) in [4.78, 5) is 25.3. The number of carbonyl (C=O) groups is 2. The van der Waals surface area contributed by atoms with Crippen molar-refractivity contribution in [3.05, 3.63) is 34.9 Å². The van der Waals surface area contributed by atoms with Gasteiger partial charge in [-0.1, -0.05) is 23.7 Å². The summed E-state index contributed by atoms with van der Waals surface area (Å²) >= 11 is 5.81. The Balaban J connectivity index is 2.26. The zero-order valence-electron chi connectivity index (χ0n) is 11.6. The SMILES string of the molecule is CC1(c2ccc(Cl)cc2)NC(=O)N(CCS(C)(=O)=O)C1=O. The van der Waals surface area contributed by atoms with E-state index in [1.807, 2.05) is 0 Å². The molecule has 114 valence electrons. The molecule has 1 aromatic carbocycles. The highest BCUT2D eigenvalue weighted by atomic mass is 35.5. The number of hydrogen-bond donors (Lipinski definition) is 1. The molecule has 1 fully saturated rings. The minimum absolute atomic E-state index is 0.160. The first kappa shape index (κ1) is 15.8. The lowest BCUT2D eigenvalue weighted by Gasteiger charge is -2.22. The fourth-order valence-electron chi connectivity index (χ4n) is 2.14. The molecule has 0 bridgehead atoms.